The molecule has 3 heterocycles. The highest BCUT2D eigenvalue weighted by Gasteiger charge is 2.32. The molecule has 150 valence electrons. The summed E-state index contributed by atoms with van der Waals surface area (Å²) in [4.78, 5) is 19.4. The third kappa shape index (κ3) is 4.06. The lowest BCUT2D eigenvalue weighted by Gasteiger charge is -2.35. The van der Waals surface area contributed by atoms with Crippen molar-refractivity contribution in [1.29, 1.82) is 0 Å². The minimum atomic E-state index is -0.144. The van der Waals surface area contributed by atoms with Gasteiger partial charge in [0.2, 0.25) is 5.52 Å². The number of rotatable bonds is 5. The smallest absolute Gasteiger partial charge is 0.435 e. The number of carbonyl (C=O) groups excluding carboxylic acids is 1. The SMILES string of the molecule is O=C1OCCN1C1CCN(Cc2ccc(Oc3[nH+]c4ccccc4s3)cc2)CC1. The third-order valence-electron chi connectivity index (χ3n) is 5.66. The minimum Gasteiger partial charge on any atom is -0.448 e. The Morgan fingerprint density at radius 2 is 1.86 bits per heavy atom. The van der Waals surface area contributed by atoms with Crippen molar-refractivity contribution >= 4 is 27.6 Å². The molecule has 1 aromatic heterocycles. The minimum absolute atomic E-state index is 0.144. The highest BCUT2D eigenvalue weighted by molar-refractivity contribution is 7.19. The molecule has 0 aliphatic carbocycles. The molecule has 0 radical (unpaired) electrons. The quantitative estimate of drug-likeness (QED) is 0.640. The maximum atomic E-state index is 11.7. The van der Waals surface area contributed by atoms with Gasteiger partial charge in [0, 0.05) is 31.7 Å². The van der Waals surface area contributed by atoms with Crippen LogP contribution in [0.3, 0.4) is 0 Å². The molecular weight excluding hydrogens is 386 g/mol. The number of ether oxygens (including phenoxy) is 2. The van der Waals surface area contributed by atoms with E-state index in [1.807, 2.05) is 29.2 Å². The van der Waals surface area contributed by atoms with E-state index in [0.717, 1.165) is 55.5 Å². The number of fused-ring (bicyclic) bond motifs is 1. The van der Waals surface area contributed by atoms with Gasteiger partial charge >= 0.3 is 11.3 Å². The van der Waals surface area contributed by atoms with Gasteiger partial charge in [-0.1, -0.05) is 24.3 Å². The number of H-pyrrole nitrogens is 1. The largest absolute Gasteiger partial charge is 0.448 e. The summed E-state index contributed by atoms with van der Waals surface area (Å²) in [7, 11) is 0. The van der Waals surface area contributed by atoms with Gasteiger partial charge in [0.15, 0.2) is 0 Å². The van der Waals surface area contributed by atoms with E-state index < -0.39 is 0 Å². The molecule has 5 rings (SSSR count). The number of aromatic amines is 1. The number of benzene rings is 2. The maximum absolute atomic E-state index is 11.7. The number of carbonyl (C=O) groups is 1. The van der Waals surface area contributed by atoms with Crippen LogP contribution in [-0.4, -0.2) is 48.2 Å². The number of cyclic esters (lactones) is 1. The van der Waals surface area contributed by atoms with Crippen molar-refractivity contribution in [1.82, 2.24) is 9.80 Å². The zero-order chi connectivity index (χ0) is 19.6. The van der Waals surface area contributed by atoms with Crippen LogP contribution >= 0.6 is 11.3 Å². The van der Waals surface area contributed by atoms with Crippen LogP contribution < -0.4 is 9.72 Å². The second-order valence-corrected chi connectivity index (χ2v) is 8.59. The highest BCUT2D eigenvalue weighted by Crippen LogP contribution is 2.28. The Morgan fingerprint density at radius 1 is 1.07 bits per heavy atom. The van der Waals surface area contributed by atoms with Crippen LogP contribution in [0.15, 0.2) is 48.5 Å². The molecule has 2 aliphatic rings. The number of piperidine rings is 1. The van der Waals surface area contributed by atoms with Crippen molar-refractivity contribution in [2.75, 3.05) is 26.2 Å². The number of amides is 1. The van der Waals surface area contributed by atoms with E-state index in [9.17, 15) is 4.79 Å². The number of hydrogen-bond donors (Lipinski definition) is 0. The van der Waals surface area contributed by atoms with Gasteiger partial charge in [0.25, 0.3) is 0 Å². The molecule has 7 heteroatoms. The molecule has 2 aromatic carbocycles. The van der Waals surface area contributed by atoms with Crippen molar-refractivity contribution in [3.8, 4) is 10.9 Å². The van der Waals surface area contributed by atoms with Gasteiger partial charge < -0.3 is 14.4 Å². The number of likely N-dealkylation sites (tertiary alicyclic amines) is 1. The Bertz CT molecular complexity index is 963. The average Bonchev–Trinajstić information content (AvgIpc) is 3.35. The predicted molar refractivity (Wildman–Crippen MR) is 111 cm³/mol. The second-order valence-electron chi connectivity index (χ2n) is 7.57. The molecule has 0 unspecified atom stereocenters. The van der Waals surface area contributed by atoms with E-state index in [1.165, 1.54) is 10.3 Å². The summed E-state index contributed by atoms with van der Waals surface area (Å²) in [5, 5.41) is 0.793. The van der Waals surface area contributed by atoms with E-state index >= 15 is 0 Å². The number of thiazole rings is 1. The van der Waals surface area contributed by atoms with Gasteiger partial charge in [-0.15, -0.1) is 0 Å². The first kappa shape index (κ1) is 18.4. The number of nitrogens with zero attached hydrogens (tertiary/aromatic N) is 2. The zero-order valence-electron chi connectivity index (χ0n) is 16.2. The van der Waals surface area contributed by atoms with Gasteiger partial charge in [-0.3, -0.25) is 4.90 Å². The fourth-order valence-electron chi connectivity index (χ4n) is 4.10. The first-order valence-electron chi connectivity index (χ1n) is 10.1. The lowest BCUT2D eigenvalue weighted by atomic mass is 10.0. The fourth-order valence-corrected chi connectivity index (χ4v) is 4.97. The van der Waals surface area contributed by atoms with Crippen LogP contribution in [0.5, 0.6) is 10.9 Å². The van der Waals surface area contributed by atoms with Crippen molar-refractivity contribution in [3.05, 3.63) is 54.1 Å². The summed E-state index contributed by atoms with van der Waals surface area (Å²) < 4.78 is 12.2. The molecule has 0 atom stereocenters. The monoisotopic (exact) mass is 410 g/mol. The Hall–Kier alpha value is -2.64. The van der Waals surface area contributed by atoms with E-state index in [-0.39, 0.29) is 6.09 Å². The van der Waals surface area contributed by atoms with Gasteiger partial charge in [-0.25, -0.2) is 4.79 Å². The van der Waals surface area contributed by atoms with E-state index in [2.05, 4.69) is 34.1 Å². The van der Waals surface area contributed by atoms with Crippen LogP contribution in [-0.2, 0) is 11.3 Å². The van der Waals surface area contributed by atoms with Crippen LogP contribution in [0.1, 0.15) is 18.4 Å². The first-order valence-corrected chi connectivity index (χ1v) is 10.9. The van der Waals surface area contributed by atoms with Crippen LogP contribution in [0.4, 0.5) is 4.79 Å². The van der Waals surface area contributed by atoms with Crippen LogP contribution in [0.2, 0.25) is 0 Å². The molecule has 1 N–H and O–H groups in total. The van der Waals surface area contributed by atoms with Crippen LogP contribution in [0.25, 0.3) is 10.2 Å². The van der Waals surface area contributed by atoms with Gasteiger partial charge in [0.1, 0.15) is 17.1 Å². The number of aromatic nitrogens is 1. The Labute approximate surface area is 173 Å². The number of hydrogen-bond acceptors (Lipinski definition) is 5. The normalized spacial score (nSPS) is 18.3. The van der Waals surface area contributed by atoms with Crippen LogP contribution in [0, 0.1) is 0 Å². The Kier molecular flexibility index (Phi) is 5.08. The predicted octanol–water partition coefficient (Wildman–Crippen LogP) is 3.92. The summed E-state index contributed by atoms with van der Waals surface area (Å²) in [6.45, 7) is 4.20. The summed E-state index contributed by atoms with van der Waals surface area (Å²) in [5.74, 6) is 0.836. The Balaban J connectivity index is 1.15. The highest BCUT2D eigenvalue weighted by atomic mass is 32.1. The fraction of sp³-hybridized carbons (Fsp3) is 0.364. The molecule has 2 saturated heterocycles. The van der Waals surface area contributed by atoms with E-state index in [4.69, 9.17) is 9.47 Å². The number of nitrogens with one attached hydrogen (secondary N) is 1. The summed E-state index contributed by atoms with van der Waals surface area (Å²) in [6, 6.07) is 16.8. The lowest BCUT2D eigenvalue weighted by Crippen LogP contribution is -2.45. The van der Waals surface area contributed by atoms with Gasteiger partial charge in [0.05, 0.1) is 6.54 Å². The average molecular weight is 411 g/mol. The first-order chi connectivity index (χ1) is 14.2. The number of para-hydroxylation sites is 1. The standard InChI is InChI=1S/C22H23N3O3S/c26-22-25(13-14-27-22)17-9-11-24(12-10-17)15-16-5-7-18(8-6-16)28-21-23-19-3-1-2-4-20(19)29-21/h1-8,17H,9-15H2/p+1. The molecule has 1 amide bonds. The zero-order valence-corrected chi connectivity index (χ0v) is 17.0. The lowest BCUT2D eigenvalue weighted by molar-refractivity contribution is -0.352. The molecular formula is C22H24N3O3S+. The molecule has 3 aromatic rings. The molecule has 0 saturated carbocycles. The Morgan fingerprint density at radius 3 is 2.59 bits per heavy atom. The topological polar surface area (TPSA) is 56.2 Å². The van der Waals surface area contributed by atoms with Crippen molar-refractivity contribution in [3.63, 3.8) is 0 Å². The summed E-state index contributed by atoms with van der Waals surface area (Å²) >= 11 is 1.61. The summed E-state index contributed by atoms with van der Waals surface area (Å²) in [6.07, 6.45) is 1.88. The summed E-state index contributed by atoms with van der Waals surface area (Å²) in [5.41, 5.74) is 2.37. The molecule has 29 heavy (non-hydrogen) atoms. The van der Waals surface area contributed by atoms with E-state index in [0.29, 0.717) is 12.6 Å². The van der Waals surface area contributed by atoms with Crippen molar-refractivity contribution < 1.29 is 19.3 Å². The molecule has 6 nitrogen and oxygen atoms in total. The van der Waals surface area contributed by atoms with Gasteiger partial charge in [-0.05, 0) is 47.9 Å². The maximum Gasteiger partial charge on any atom is 0.435 e. The van der Waals surface area contributed by atoms with Crippen molar-refractivity contribution in [2.45, 2.75) is 25.4 Å². The van der Waals surface area contributed by atoms with E-state index in [1.54, 1.807) is 11.3 Å². The molecule has 0 spiro atoms. The van der Waals surface area contributed by atoms with Crippen molar-refractivity contribution in [2.24, 2.45) is 0 Å². The third-order valence-corrected chi connectivity index (χ3v) is 6.60. The van der Waals surface area contributed by atoms with Gasteiger partial charge in [-0.2, -0.15) is 4.98 Å². The second kappa shape index (κ2) is 8.00. The molecule has 2 aliphatic heterocycles. The molecule has 2 fully saturated rings. The molecule has 0 bridgehead atoms.